The second-order valence-corrected chi connectivity index (χ2v) is 16.2. The Morgan fingerprint density at radius 1 is 0.837 bits per heavy atom. The summed E-state index contributed by atoms with van der Waals surface area (Å²) in [5.74, 6) is 2.49. The molecule has 14 heteroatoms. The van der Waals surface area contributed by atoms with Crippen molar-refractivity contribution in [2.24, 2.45) is 0 Å². The molecule has 0 aliphatic carbocycles. The molecule has 12 nitrogen and oxygen atoms in total. The first kappa shape index (κ1) is 43.2. The molecule has 0 spiro atoms. The van der Waals surface area contributed by atoms with Crippen molar-refractivity contribution in [1.82, 2.24) is 19.5 Å². The zero-order chi connectivity index (χ0) is 35.6. The van der Waals surface area contributed by atoms with Crippen LogP contribution in [0.25, 0.3) is 11.2 Å². The zero-order valence-corrected chi connectivity index (χ0v) is 32.4. The summed E-state index contributed by atoms with van der Waals surface area (Å²) < 4.78 is 42.2. The predicted octanol–water partition coefficient (Wildman–Crippen LogP) is 9.90. The van der Waals surface area contributed by atoms with Crippen molar-refractivity contribution in [2.45, 2.75) is 156 Å². The van der Waals surface area contributed by atoms with Crippen LogP contribution < -0.4 is 5.73 Å². The first-order valence-electron chi connectivity index (χ1n) is 18.6. The number of nitrogens with zero attached hydrogens (tertiary/aromatic N) is 4. The molecule has 2 N–H and O–H groups in total. The van der Waals surface area contributed by atoms with Gasteiger partial charge in [0, 0.05) is 0 Å². The Morgan fingerprint density at radius 2 is 1.43 bits per heavy atom. The van der Waals surface area contributed by atoms with E-state index in [0.29, 0.717) is 23.5 Å². The maximum atomic E-state index is 13.5. The highest BCUT2D eigenvalue weighted by Gasteiger charge is 2.28. The molecule has 0 bridgehead atoms. The van der Waals surface area contributed by atoms with E-state index >= 15 is 0 Å². The number of thioether (sulfide) groups is 1. The Morgan fingerprint density at radius 3 is 2.04 bits per heavy atom. The SMILES string of the molecule is CCCCCCCCCCCCCCCCCSCCCCO[P@@](=O)(CO[C@H](C)Cn1cnc2c(N)ncnc21)OCOC(=O)OC(C)C. The Kier molecular flexibility index (Phi) is 23.7. The minimum absolute atomic E-state index is 0.243. The summed E-state index contributed by atoms with van der Waals surface area (Å²) in [7, 11) is -3.74. The van der Waals surface area contributed by atoms with Crippen molar-refractivity contribution < 1.29 is 32.6 Å². The third-order valence-corrected chi connectivity index (χ3v) is 10.7. The molecule has 282 valence electrons. The highest BCUT2D eigenvalue weighted by molar-refractivity contribution is 7.99. The number of imidazole rings is 1. The number of rotatable bonds is 31. The number of carbonyl (C=O) groups excluding carboxylic acids is 1. The number of nitrogen functional groups attached to an aromatic ring is 1. The van der Waals surface area contributed by atoms with Gasteiger partial charge >= 0.3 is 13.8 Å². The van der Waals surface area contributed by atoms with E-state index in [0.717, 1.165) is 18.6 Å². The summed E-state index contributed by atoms with van der Waals surface area (Å²) in [6.45, 7) is 7.56. The molecule has 2 aromatic heterocycles. The van der Waals surface area contributed by atoms with Crippen molar-refractivity contribution in [1.29, 1.82) is 0 Å². The van der Waals surface area contributed by atoms with Gasteiger partial charge < -0.3 is 29.0 Å². The van der Waals surface area contributed by atoms with Crippen LogP contribution in [0.5, 0.6) is 0 Å². The number of hydrogen-bond donors (Lipinski definition) is 1. The molecule has 0 radical (unpaired) electrons. The van der Waals surface area contributed by atoms with Gasteiger partial charge in [0.05, 0.1) is 31.7 Å². The Bertz CT molecular complexity index is 1190. The van der Waals surface area contributed by atoms with E-state index in [1.54, 1.807) is 24.7 Å². The maximum Gasteiger partial charge on any atom is 0.510 e. The van der Waals surface area contributed by atoms with Crippen LogP contribution in [0.1, 0.15) is 137 Å². The Hall–Kier alpha value is -1.92. The van der Waals surface area contributed by atoms with Crippen LogP contribution >= 0.6 is 19.4 Å². The molecule has 2 heterocycles. The standard InChI is InChI=1S/C35H64N5O7PS/c1-5-6-7-8-9-10-11-12-13-14-15-16-17-18-20-23-49-24-21-19-22-45-48(42,46-28-43-35(41)47-30(2)3)29-44-31(4)25-40-27-39-32-33(36)37-26-38-34(32)40/h26-27,30-31H,5-25,28-29H2,1-4H3,(H2,36,37,38)/t31-,48+/m1/s1. The number of aromatic nitrogens is 4. The van der Waals surface area contributed by atoms with Crippen molar-refractivity contribution in [2.75, 3.05) is 37.0 Å². The van der Waals surface area contributed by atoms with Crippen molar-refractivity contribution in [3.05, 3.63) is 12.7 Å². The first-order chi connectivity index (χ1) is 23.7. The van der Waals surface area contributed by atoms with Gasteiger partial charge in [-0.25, -0.2) is 19.7 Å². The molecule has 0 amide bonds. The van der Waals surface area contributed by atoms with Crippen LogP contribution in [0.15, 0.2) is 12.7 Å². The molecular weight excluding hydrogens is 665 g/mol. The van der Waals surface area contributed by atoms with E-state index in [2.05, 4.69) is 21.9 Å². The molecule has 0 aliphatic heterocycles. The number of fused-ring (bicyclic) bond motifs is 1. The summed E-state index contributed by atoms with van der Waals surface area (Å²) in [5.41, 5.74) is 6.96. The monoisotopic (exact) mass is 729 g/mol. The van der Waals surface area contributed by atoms with Gasteiger partial charge in [0.25, 0.3) is 0 Å². The summed E-state index contributed by atoms with van der Waals surface area (Å²) >= 11 is 1.96. The third-order valence-electron chi connectivity index (χ3n) is 8.02. The maximum absolute atomic E-state index is 13.5. The fraction of sp³-hybridized carbons (Fsp3) is 0.829. The molecule has 2 atom stereocenters. The van der Waals surface area contributed by atoms with Crippen LogP contribution in [0.2, 0.25) is 0 Å². The van der Waals surface area contributed by atoms with Crippen molar-refractivity contribution in [3.63, 3.8) is 0 Å². The summed E-state index contributed by atoms with van der Waals surface area (Å²) in [6.07, 6.45) is 23.4. The van der Waals surface area contributed by atoms with Gasteiger partial charge in [0.2, 0.25) is 6.79 Å². The molecule has 0 fully saturated rings. The lowest BCUT2D eigenvalue weighted by Crippen LogP contribution is -2.19. The Balaban J connectivity index is 1.57. The normalized spacial score (nSPS) is 13.6. The lowest BCUT2D eigenvalue weighted by Gasteiger charge is -2.21. The highest BCUT2D eigenvalue weighted by atomic mass is 32.2. The molecule has 2 aromatic rings. The highest BCUT2D eigenvalue weighted by Crippen LogP contribution is 2.48. The molecule has 0 aromatic carbocycles. The van der Waals surface area contributed by atoms with Gasteiger partial charge in [0.1, 0.15) is 18.2 Å². The average Bonchev–Trinajstić information content (AvgIpc) is 3.48. The summed E-state index contributed by atoms with van der Waals surface area (Å²) in [6, 6.07) is 0. The number of ether oxygens (including phenoxy) is 3. The van der Waals surface area contributed by atoms with E-state index in [1.165, 1.54) is 108 Å². The lowest BCUT2D eigenvalue weighted by molar-refractivity contribution is -0.0181. The van der Waals surface area contributed by atoms with Gasteiger partial charge in [-0.15, -0.1) is 0 Å². The topological polar surface area (TPSA) is 150 Å². The van der Waals surface area contributed by atoms with Crippen molar-refractivity contribution in [3.8, 4) is 0 Å². The predicted molar refractivity (Wildman–Crippen MR) is 199 cm³/mol. The van der Waals surface area contributed by atoms with Crippen LogP contribution in [0.3, 0.4) is 0 Å². The zero-order valence-electron chi connectivity index (χ0n) is 30.7. The smallest absolute Gasteiger partial charge is 0.432 e. The third kappa shape index (κ3) is 20.5. The van der Waals surface area contributed by atoms with Gasteiger partial charge in [-0.05, 0) is 51.5 Å². The van der Waals surface area contributed by atoms with E-state index < -0.39 is 26.6 Å². The van der Waals surface area contributed by atoms with E-state index in [1.807, 2.05) is 18.7 Å². The largest absolute Gasteiger partial charge is 0.510 e. The second kappa shape index (κ2) is 26.8. The molecule has 0 aliphatic rings. The van der Waals surface area contributed by atoms with Crippen LogP contribution in [-0.2, 0) is 34.4 Å². The number of hydrogen-bond acceptors (Lipinski definition) is 12. The second-order valence-electron chi connectivity index (χ2n) is 13.0. The number of anilines is 1. The average molecular weight is 730 g/mol. The van der Waals surface area contributed by atoms with Crippen molar-refractivity contribution >= 4 is 42.5 Å². The fourth-order valence-electron chi connectivity index (χ4n) is 5.26. The minimum atomic E-state index is -3.74. The number of nitrogens with two attached hydrogens (primary N) is 1. The van der Waals surface area contributed by atoms with Crippen LogP contribution in [-0.4, -0.2) is 69.1 Å². The quantitative estimate of drug-likeness (QED) is 0.0340. The molecule has 0 saturated carbocycles. The lowest BCUT2D eigenvalue weighted by atomic mass is 10.0. The molecular formula is C35H64N5O7PS. The van der Waals surface area contributed by atoms with E-state index in [-0.39, 0.29) is 19.1 Å². The Labute approximate surface area is 299 Å². The first-order valence-corrected chi connectivity index (χ1v) is 21.4. The number of carbonyl (C=O) groups is 1. The van der Waals surface area contributed by atoms with Gasteiger partial charge in [-0.1, -0.05) is 96.8 Å². The van der Waals surface area contributed by atoms with Crippen LogP contribution in [0.4, 0.5) is 10.6 Å². The van der Waals surface area contributed by atoms with Crippen LogP contribution in [0, 0.1) is 0 Å². The summed E-state index contributed by atoms with van der Waals surface area (Å²) in [4.78, 5) is 24.2. The van der Waals surface area contributed by atoms with Gasteiger partial charge in [-0.3, -0.25) is 9.09 Å². The minimum Gasteiger partial charge on any atom is -0.432 e. The molecule has 0 saturated heterocycles. The molecule has 0 unspecified atom stereocenters. The van der Waals surface area contributed by atoms with E-state index in [9.17, 15) is 9.36 Å². The molecule has 49 heavy (non-hydrogen) atoms. The van der Waals surface area contributed by atoms with Gasteiger partial charge in [-0.2, -0.15) is 11.8 Å². The fourth-order valence-corrected chi connectivity index (χ4v) is 7.56. The number of unbranched alkanes of at least 4 members (excludes halogenated alkanes) is 15. The molecule has 2 rings (SSSR count). The summed E-state index contributed by atoms with van der Waals surface area (Å²) in [5, 5.41) is 0. The van der Waals surface area contributed by atoms with Gasteiger partial charge in [0.15, 0.2) is 11.5 Å². The van der Waals surface area contributed by atoms with E-state index in [4.69, 9.17) is 29.0 Å².